The van der Waals surface area contributed by atoms with Crippen LogP contribution in [0.1, 0.15) is 33.7 Å². The maximum atomic E-state index is 13.9. The monoisotopic (exact) mass is 585 g/mol. The number of hydrogen-bond donors (Lipinski definition) is 3. The predicted octanol–water partition coefficient (Wildman–Crippen LogP) is 5.39. The smallest absolute Gasteiger partial charge is 0.331 e. The summed E-state index contributed by atoms with van der Waals surface area (Å²) in [5.41, 5.74) is 2.06. The summed E-state index contributed by atoms with van der Waals surface area (Å²) in [5, 5.41) is 14.4. The van der Waals surface area contributed by atoms with Crippen molar-refractivity contribution in [3.8, 4) is 0 Å². The summed E-state index contributed by atoms with van der Waals surface area (Å²) < 4.78 is 0.779. The van der Waals surface area contributed by atoms with Crippen molar-refractivity contribution in [1.29, 1.82) is 0 Å². The fraction of sp³-hybridized carbons (Fsp3) is 0.0800. The molecule has 1 aliphatic heterocycles. The second-order valence-corrected chi connectivity index (χ2v) is 9.58. The molecule has 0 saturated heterocycles. The number of halogens is 2. The number of nitrogens with zero attached hydrogens (tertiary/aromatic N) is 1. The average molecular weight is 586 g/mol. The van der Waals surface area contributed by atoms with Gasteiger partial charge in [-0.25, -0.2) is 4.79 Å². The average Bonchev–Trinajstić information content (AvgIpc) is 3.20. The van der Waals surface area contributed by atoms with Crippen LogP contribution < -0.4 is 5.32 Å². The maximum Gasteiger partial charge on any atom is 0.331 e. The molecule has 3 aromatic carbocycles. The van der Waals surface area contributed by atoms with E-state index in [1.165, 1.54) is 0 Å². The molecule has 0 spiro atoms. The topological polar surface area (TPSA) is 102 Å². The maximum absolute atomic E-state index is 13.9. The molecule has 0 radical (unpaired) electrons. The van der Waals surface area contributed by atoms with Crippen LogP contribution in [0.4, 0.5) is 5.69 Å². The van der Waals surface area contributed by atoms with Gasteiger partial charge in [-0.1, -0.05) is 41.9 Å². The van der Waals surface area contributed by atoms with Crippen LogP contribution in [0.2, 0.25) is 5.02 Å². The second-order valence-electron chi connectivity index (χ2n) is 7.90. The lowest BCUT2D eigenvalue weighted by atomic mass is 10.00. The van der Waals surface area contributed by atoms with Crippen LogP contribution in [0, 0.1) is 3.57 Å². The van der Waals surface area contributed by atoms with Crippen molar-refractivity contribution in [2.45, 2.75) is 12.1 Å². The van der Waals surface area contributed by atoms with E-state index in [4.69, 9.17) is 11.6 Å². The van der Waals surface area contributed by atoms with Gasteiger partial charge in [0.2, 0.25) is 0 Å². The van der Waals surface area contributed by atoms with Crippen molar-refractivity contribution < 1.29 is 19.5 Å². The van der Waals surface area contributed by atoms with Crippen molar-refractivity contribution >= 4 is 68.6 Å². The van der Waals surface area contributed by atoms with Crippen molar-refractivity contribution in [3.63, 3.8) is 0 Å². The van der Waals surface area contributed by atoms with Crippen LogP contribution in [-0.2, 0) is 9.59 Å². The largest absolute Gasteiger partial charge is 0.479 e. The number of carboxylic acids is 1. The van der Waals surface area contributed by atoms with E-state index in [0.29, 0.717) is 22.0 Å². The van der Waals surface area contributed by atoms with Gasteiger partial charge >= 0.3 is 5.97 Å². The SMILES string of the molecule is O=C(O)C(c1ccc(Cl)cc1)N1C(=O)c2cc(I)ccc2NC(=O)C1c1cc2ccccc2[nH]1. The van der Waals surface area contributed by atoms with Crippen molar-refractivity contribution in [2.24, 2.45) is 0 Å². The normalized spacial score (nSPS) is 16.6. The minimum atomic E-state index is -1.43. The molecule has 1 aromatic heterocycles. The van der Waals surface area contributed by atoms with E-state index in [-0.39, 0.29) is 5.56 Å². The fourth-order valence-electron chi connectivity index (χ4n) is 4.25. The third-order valence-corrected chi connectivity index (χ3v) is 6.70. The molecule has 170 valence electrons. The number of fused-ring (bicyclic) bond motifs is 2. The molecule has 5 rings (SSSR count). The Morgan fingerprint density at radius 3 is 2.47 bits per heavy atom. The highest BCUT2D eigenvalue weighted by atomic mass is 127. The number of carboxylic acid groups (broad SMARTS) is 1. The van der Waals surface area contributed by atoms with Crippen molar-refractivity contribution in [2.75, 3.05) is 5.32 Å². The summed E-state index contributed by atoms with van der Waals surface area (Å²) in [6.45, 7) is 0. The van der Waals surface area contributed by atoms with Gasteiger partial charge in [0.1, 0.15) is 0 Å². The van der Waals surface area contributed by atoms with Crippen LogP contribution in [0.15, 0.2) is 72.8 Å². The molecule has 0 saturated carbocycles. The van der Waals surface area contributed by atoms with Crippen LogP contribution >= 0.6 is 34.2 Å². The van der Waals surface area contributed by atoms with Gasteiger partial charge in [0.25, 0.3) is 11.8 Å². The minimum Gasteiger partial charge on any atom is -0.479 e. The van der Waals surface area contributed by atoms with E-state index in [2.05, 4.69) is 32.9 Å². The number of aliphatic carboxylic acids is 1. The highest BCUT2D eigenvalue weighted by Gasteiger charge is 2.44. The standard InChI is InChI=1S/C25H17ClIN3O4/c26-15-7-5-13(6-8-15)21(25(33)34)30-22(20-11-14-3-1-2-4-18(14)28-20)23(31)29-19-10-9-16(27)12-17(19)24(30)32/h1-12,21-22,28H,(H,29,31)(H,33,34). The van der Waals surface area contributed by atoms with E-state index in [9.17, 15) is 19.5 Å². The number of aromatic amines is 1. The summed E-state index contributed by atoms with van der Waals surface area (Å²) in [7, 11) is 0. The minimum absolute atomic E-state index is 0.221. The predicted molar refractivity (Wildman–Crippen MR) is 137 cm³/mol. The molecule has 9 heteroatoms. The van der Waals surface area contributed by atoms with Gasteiger partial charge in [-0.3, -0.25) is 9.59 Å². The van der Waals surface area contributed by atoms with Crippen LogP contribution in [0.25, 0.3) is 10.9 Å². The summed E-state index contributed by atoms with van der Waals surface area (Å²) in [6, 6.07) is 17.8. The number of nitrogens with one attached hydrogen (secondary N) is 2. The van der Waals surface area contributed by atoms with E-state index >= 15 is 0 Å². The number of H-pyrrole nitrogens is 1. The first-order valence-corrected chi connectivity index (χ1v) is 11.8. The quantitative estimate of drug-likeness (QED) is 0.280. The molecule has 0 bridgehead atoms. The summed E-state index contributed by atoms with van der Waals surface area (Å²) in [5.74, 6) is -2.35. The number of benzene rings is 3. The molecule has 2 heterocycles. The molecule has 1 aliphatic rings. The van der Waals surface area contributed by atoms with Gasteiger partial charge in [0.15, 0.2) is 12.1 Å². The molecule has 2 unspecified atom stereocenters. The number of rotatable bonds is 4. The Balaban J connectivity index is 1.75. The molecule has 0 aliphatic carbocycles. The molecule has 0 fully saturated rings. The Hall–Kier alpha value is -3.37. The molecule has 4 aromatic rings. The number of anilines is 1. The molecular formula is C25H17ClIN3O4. The van der Waals surface area contributed by atoms with E-state index in [1.807, 2.05) is 24.3 Å². The summed E-state index contributed by atoms with van der Waals surface area (Å²) >= 11 is 8.09. The first kappa shape index (κ1) is 22.4. The fourth-order valence-corrected chi connectivity index (χ4v) is 4.87. The third-order valence-electron chi connectivity index (χ3n) is 5.77. The highest BCUT2D eigenvalue weighted by Crippen LogP contribution is 2.38. The molecule has 2 atom stereocenters. The molecule has 3 N–H and O–H groups in total. The lowest BCUT2D eigenvalue weighted by Gasteiger charge is -2.33. The number of carbonyl (C=O) groups is 3. The molecular weight excluding hydrogens is 569 g/mol. The summed E-state index contributed by atoms with van der Waals surface area (Å²) in [6.07, 6.45) is 0. The lowest BCUT2D eigenvalue weighted by molar-refractivity contribution is -0.144. The second kappa shape index (κ2) is 8.77. The number of aromatic nitrogens is 1. The number of carbonyl (C=O) groups excluding carboxylic acids is 2. The molecule has 34 heavy (non-hydrogen) atoms. The zero-order valence-electron chi connectivity index (χ0n) is 17.5. The van der Waals surface area contributed by atoms with Crippen LogP contribution in [-0.4, -0.2) is 32.8 Å². The van der Waals surface area contributed by atoms with Crippen LogP contribution in [0.5, 0.6) is 0 Å². The Morgan fingerprint density at radius 2 is 1.76 bits per heavy atom. The Bertz CT molecular complexity index is 1420. The lowest BCUT2D eigenvalue weighted by Crippen LogP contribution is -2.44. The third kappa shape index (κ3) is 3.92. The van der Waals surface area contributed by atoms with Gasteiger partial charge in [0, 0.05) is 19.8 Å². The van der Waals surface area contributed by atoms with Gasteiger partial charge in [0.05, 0.1) is 11.3 Å². The first-order valence-electron chi connectivity index (χ1n) is 10.3. The Morgan fingerprint density at radius 1 is 1.03 bits per heavy atom. The molecule has 7 nitrogen and oxygen atoms in total. The number of hydrogen-bond acceptors (Lipinski definition) is 3. The highest BCUT2D eigenvalue weighted by molar-refractivity contribution is 14.1. The van der Waals surface area contributed by atoms with Crippen molar-refractivity contribution in [1.82, 2.24) is 9.88 Å². The van der Waals surface area contributed by atoms with Gasteiger partial charge in [-0.15, -0.1) is 0 Å². The molecule has 2 amide bonds. The zero-order valence-corrected chi connectivity index (χ0v) is 20.4. The number of para-hydroxylation sites is 1. The Kier molecular flexibility index (Phi) is 5.78. The zero-order chi connectivity index (χ0) is 24.0. The van der Waals surface area contributed by atoms with Crippen molar-refractivity contribution in [3.05, 3.63) is 98.2 Å². The van der Waals surface area contributed by atoms with E-state index in [0.717, 1.165) is 19.4 Å². The van der Waals surface area contributed by atoms with Gasteiger partial charge in [-0.2, -0.15) is 0 Å². The van der Waals surface area contributed by atoms with E-state index in [1.54, 1.807) is 48.5 Å². The van der Waals surface area contributed by atoms with Gasteiger partial charge < -0.3 is 20.3 Å². The number of amides is 2. The van der Waals surface area contributed by atoms with E-state index < -0.39 is 29.9 Å². The van der Waals surface area contributed by atoms with Crippen LogP contribution in [0.3, 0.4) is 0 Å². The first-order chi connectivity index (χ1) is 16.3. The Labute approximate surface area is 212 Å². The van der Waals surface area contributed by atoms with Gasteiger partial charge in [-0.05, 0) is 76.0 Å². The summed E-state index contributed by atoms with van der Waals surface area (Å²) in [4.78, 5) is 44.4.